The minimum atomic E-state index is -1.75. The maximum absolute atomic E-state index is 8.25. The number of nitrogens with zero attached hydrogens (tertiary/aromatic N) is 1. The van der Waals surface area contributed by atoms with Crippen molar-refractivity contribution in [1.82, 2.24) is 6.15 Å². The van der Waals surface area contributed by atoms with Crippen molar-refractivity contribution in [3.8, 4) is 0 Å². The molecule has 0 aromatic carbocycles. The molecule has 5 nitrogen and oxygen atoms in total. The zero-order chi connectivity index (χ0) is 3.58. The van der Waals surface area contributed by atoms with Crippen molar-refractivity contribution < 1.29 is 21.6 Å². The first-order chi connectivity index (χ1) is 1.73. The third-order valence-corrected chi connectivity index (χ3v) is 0. The number of hydrogen-bond donors (Lipinski definition) is 1. The Bertz CT molecular complexity index is 31.8. The molecule has 0 aromatic rings. The molecule has 0 rings (SSSR count). The van der Waals surface area contributed by atoms with Crippen LogP contribution in [-0.4, -0.2) is 5.09 Å². The maximum atomic E-state index is 8.25. The molecule has 0 unspecified atom stereocenters. The largest absolute Gasteiger partial charge is 2.00 e. The maximum Gasteiger partial charge on any atom is 2.00 e. The van der Waals surface area contributed by atoms with Gasteiger partial charge < -0.3 is 21.5 Å². The van der Waals surface area contributed by atoms with E-state index in [1.807, 2.05) is 0 Å². The van der Waals surface area contributed by atoms with Gasteiger partial charge in [0.05, 0.1) is 5.09 Å². The molecule has 0 saturated heterocycles. The molecule has 0 radical (unpaired) electrons. The van der Waals surface area contributed by atoms with Crippen LogP contribution in [0.25, 0.3) is 0 Å². The summed E-state index contributed by atoms with van der Waals surface area (Å²) in [5.74, 6) is 0. The Kier molecular flexibility index (Phi) is 25.6. The van der Waals surface area contributed by atoms with Gasteiger partial charge in [-0.2, -0.15) is 0 Å². The van der Waals surface area contributed by atoms with Crippen molar-refractivity contribution in [1.29, 1.82) is 0 Å². The Morgan fingerprint density at radius 3 is 1.33 bits per heavy atom. The van der Waals surface area contributed by atoms with Crippen LogP contribution in [0.5, 0.6) is 0 Å². The van der Waals surface area contributed by atoms with E-state index in [2.05, 4.69) is 0 Å². The van der Waals surface area contributed by atoms with Crippen LogP contribution in [0.3, 0.4) is 0 Å². The van der Waals surface area contributed by atoms with Gasteiger partial charge in [-0.1, -0.05) is 0 Å². The molecule has 6 heteroatoms. The van der Waals surface area contributed by atoms with Crippen molar-refractivity contribution >= 4 is 0 Å². The minimum absolute atomic E-state index is 0. The number of hydrogen-bond acceptors (Lipinski definition) is 4. The van der Waals surface area contributed by atoms with Gasteiger partial charge in [0.25, 0.3) is 0 Å². The van der Waals surface area contributed by atoms with Crippen LogP contribution in [0.4, 0.5) is 0 Å². The van der Waals surface area contributed by atoms with Gasteiger partial charge in [-0.15, -0.1) is 0 Å². The zero-order valence-electron chi connectivity index (χ0n) is 2.70. The van der Waals surface area contributed by atoms with E-state index in [-0.39, 0.29) is 22.6 Å². The van der Waals surface area contributed by atoms with Crippen molar-refractivity contribution in [2.45, 2.75) is 0 Å². The van der Waals surface area contributed by atoms with E-state index in [4.69, 9.17) is 15.3 Å². The molecule has 0 bridgehead atoms. The van der Waals surface area contributed by atoms with Crippen LogP contribution < -0.4 is 6.15 Å². The summed E-state index contributed by atoms with van der Waals surface area (Å²) >= 11 is 0. The van der Waals surface area contributed by atoms with Gasteiger partial charge in [0.2, 0.25) is 0 Å². The first-order valence-electron chi connectivity index (χ1n) is 0.548. The fourth-order valence-electron chi connectivity index (χ4n) is 0. The first-order valence-corrected chi connectivity index (χ1v) is 0.548. The molecular weight excluding hydrogens is 135 g/mol. The molecule has 0 aromatic heterocycles. The summed E-state index contributed by atoms with van der Waals surface area (Å²) in [6.07, 6.45) is 0. The van der Waals surface area contributed by atoms with Gasteiger partial charge in [0.15, 0.2) is 0 Å². The van der Waals surface area contributed by atoms with Crippen LogP contribution in [0.1, 0.15) is 0 Å². The zero-order valence-corrected chi connectivity index (χ0v) is 3.68. The van der Waals surface area contributed by atoms with Crippen LogP contribution in [0.2, 0.25) is 0 Å². The Morgan fingerprint density at radius 1 is 1.33 bits per heavy atom. The van der Waals surface area contributed by atoms with E-state index >= 15 is 0 Å². The summed E-state index contributed by atoms with van der Waals surface area (Å²) in [5.41, 5.74) is 0. The summed E-state index contributed by atoms with van der Waals surface area (Å²) in [6, 6.07) is 0. The van der Waals surface area contributed by atoms with E-state index in [0.29, 0.717) is 0 Å². The standard InChI is InChI=1S/NO3.H3N.Ni/c2-1(3)4;;/h;1H3;/q-1;;+2. The normalized spacial score (nSPS) is 4.00. The van der Waals surface area contributed by atoms with E-state index in [1.54, 1.807) is 0 Å². The third-order valence-electron chi connectivity index (χ3n) is 0. The molecule has 0 aliphatic carbocycles. The van der Waals surface area contributed by atoms with Crippen LogP contribution in [0, 0.1) is 15.3 Å². The van der Waals surface area contributed by atoms with Crippen molar-refractivity contribution in [2.75, 3.05) is 0 Å². The van der Waals surface area contributed by atoms with Crippen LogP contribution >= 0.6 is 0 Å². The monoisotopic (exact) mass is 137 g/mol. The average molecular weight is 138 g/mol. The van der Waals surface area contributed by atoms with Crippen molar-refractivity contribution in [3.63, 3.8) is 0 Å². The van der Waals surface area contributed by atoms with Gasteiger partial charge >= 0.3 is 16.5 Å². The van der Waals surface area contributed by atoms with Crippen molar-refractivity contribution in [2.24, 2.45) is 0 Å². The second kappa shape index (κ2) is 8.82. The number of rotatable bonds is 0. The summed E-state index contributed by atoms with van der Waals surface area (Å²) in [7, 11) is 0. The minimum Gasteiger partial charge on any atom is -0.356 e. The van der Waals surface area contributed by atoms with Crippen LogP contribution in [0.15, 0.2) is 0 Å². The molecule has 0 saturated carbocycles. The molecule has 6 heavy (non-hydrogen) atoms. The summed E-state index contributed by atoms with van der Waals surface area (Å²) in [6.45, 7) is 0. The molecule has 3 N–H and O–H groups in total. The van der Waals surface area contributed by atoms with E-state index in [9.17, 15) is 0 Å². The summed E-state index contributed by atoms with van der Waals surface area (Å²) in [5, 5.41) is 14.8. The van der Waals surface area contributed by atoms with Crippen molar-refractivity contribution in [3.05, 3.63) is 15.3 Å². The molecule has 0 aliphatic rings. The molecule has 0 amide bonds. The first kappa shape index (κ1) is 17.4. The van der Waals surface area contributed by atoms with Gasteiger partial charge in [0, 0.05) is 0 Å². The van der Waals surface area contributed by atoms with Gasteiger partial charge in [-0.3, -0.25) is 0 Å². The second-order valence-electron chi connectivity index (χ2n) is 0.224. The Balaban J connectivity index is -0.0000000450. The van der Waals surface area contributed by atoms with E-state index in [1.165, 1.54) is 0 Å². The predicted octanol–water partition coefficient (Wildman–Crippen LogP) is -0.0796. The fourth-order valence-corrected chi connectivity index (χ4v) is 0. The SMILES string of the molecule is N.O=[N+]([O-])[O-].[Ni+2]. The summed E-state index contributed by atoms with van der Waals surface area (Å²) < 4.78 is 0. The topological polar surface area (TPSA) is 101 Å². The average Bonchev–Trinajstić information content (AvgIpc) is 0.811. The molecule has 0 fully saturated rings. The Hall–Kier alpha value is -0.346. The molecular formula is H3N2NiO3+. The molecule has 40 valence electrons. The third kappa shape index (κ3) is 214. The summed E-state index contributed by atoms with van der Waals surface area (Å²) in [4.78, 5) is 8.25. The Morgan fingerprint density at radius 2 is 1.33 bits per heavy atom. The molecule has 0 heterocycles. The van der Waals surface area contributed by atoms with E-state index in [0.717, 1.165) is 0 Å². The van der Waals surface area contributed by atoms with Gasteiger partial charge in [-0.25, -0.2) is 0 Å². The van der Waals surface area contributed by atoms with Gasteiger partial charge in [-0.05, 0) is 0 Å². The van der Waals surface area contributed by atoms with E-state index < -0.39 is 5.09 Å². The molecule has 0 aliphatic heterocycles. The van der Waals surface area contributed by atoms with Crippen LogP contribution in [-0.2, 0) is 16.5 Å². The smallest absolute Gasteiger partial charge is 0.356 e. The Labute approximate surface area is 44.0 Å². The molecule has 0 atom stereocenters. The quantitative estimate of drug-likeness (QED) is 0.287. The second-order valence-corrected chi connectivity index (χ2v) is 0.224. The fraction of sp³-hybridized carbons (Fsp3) is 0. The predicted molar refractivity (Wildman–Crippen MR) is 15.4 cm³/mol. The molecule has 0 spiro atoms. The van der Waals surface area contributed by atoms with Gasteiger partial charge in [0.1, 0.15) is 0 Å².